The number of halogens is 3. The van der Waals surface area contributed by atoms with Gasteiger partial charge in [-0.25, -0.2) is 0 Å². The number of amides is 1. The quantitative estimate of drug-likeness (QED) is 0.439. The maximum atomic E-state index is 12.7. The Morgan fingerprint density at radius 1 is 1.07 bits per heavy atom. The van der Waals surface area contributed by atoms with E-state index in [2.05, 4.69) is 5.32 Å². The standard InChI is InChI=1S/C15H10F3N3O5S/c16-15(17,18)9-4-5-13(12(6-9)21(25)26)27-8-14(22)19-10-2-1-3-11(7-10)20(23)24/h1-7H,8H2,(H,19,22). The minimum Gasteiger partial charge on any atom is -0.325 e. The highest BCUT2D eigenvalue weighted by Crippen LogP contribution is 2.36. The van der Waals surface area contributed by atoms with Crippen LogP contribution in [0, 0.1) is 20.2 Å². The summed E-state index contributed by atoms with van der Waals surface area (Å²) in [6.07, 6.45) is -4.73. The largest absolute Gasteiger partial charge is 0.416 e. The van der Waals surface area contributed by atoms with Crippen LogP contribution < -0.4 is 5.32 Å². The summed E-state index contributed by atoms with van der Waals surface area (Å²) < 4.78 is 38.0. The van der Waals surface area contributed by atoms with E-state index >= 15 is 0 Å². The number of benzene rings is 2. The number of nitro benzene ring substituents is 2. The van der Waals surface area contributed by atoms with Gasteiger partial charge in [-0.1, -0.05) is 6.07 Å². The van der Waals surface area contributed by atoms with Gasteiger partial charge < -0.3 is 5.32 Å². The molecule has 2 aromatic rings. The number of nitrogens with one attached hydrogen (secondary N) is 1. The number of alkyl halides is 3. The fraction of sp³-hybridized carbons (Fsp3) is 0.133. The van der Waals surface area contributed by atoms with Crippen LogP contribution in [-0.2, 0) is 11.0 Å². The number of carbonyl (C=O) groups excluding carboxylic acids is 1. The van der Waals surface area contributed by atoms with Gasteiger partial charge in [0.1, 0.15) is 0 Å². The van der Waals surface area contributed by atoms with Gasteiger partial charge in [-0.05, 0) is 18.2 Å². The molecule has 0 fully saturated rings. The van der Waals surface area contributed by atoms with Crippen molar-refractivity contribution in [2.45, 2.75) is 11.1 Å². The van der Waals surface area contributed by atoms with Gasteiger partial charge >= 0.3 is 6.18 Å². The number of anilines is 1. The third-order valence-corrected chi connectivity index (χ3v) is 4.25. The minimum absolute atomic E-state index is 0.109. The topological polar surface area (TPSA) is 115 Å². The number of non-ortho nitro benzene ring substituents is 1. The molecular formula is C15H10F3N3O5S. The molecule has 0 aromatic heterocycles. The predicted molar refractivity (Wildman–Crippen MR) is 90.5 cm³/mol. The third kappa shape index (κ3) is 5.41. The van der Waals surface area contributed by atoms with Gasteiger partial charge in [0.15, 0.2) is 0 Å². The van der Waals surface area contributed by atoms with Crippen molar-refractivity contribution in [1.82, 2.24) is 0 Å². The van der Waals surface area contributed by atoms with Crippen molar-refractivity contribution < 1.29 is 27.8 Å². The van der Waals surface area contributed by atoms with E-state index in [1.165, 1.54) is 18.2 Å². The summed E-state index contributed by atoms with van der Waals surface area (Å²) in [6, 6.07) is 7.15. The molecule has 2 aromatic carbocycles. The number of carbonyl (C=O) groups is 1. The molecule has 0 saturated carbocycles. The van der Waals surface area contributed by atoms with Gasteiger partial charge in [0.2, 0.25) is 5.91 Å². The maximum Gasteiger partial charge on any atom is 0.416 e. The Kier molecular flexibility index (Phi) is 6.00. The summed E-state index contributed by atoms with van der Waals surface area (Å²) in [4.78, 5) is 31.9. The summed E-state index contributed by atoms with van der Waals surface area (Å²) in [5, 5.41) is 24.1. The molecule has 0 radical (unpaired) electrons. The van der Waals surface area contributed by atoms with Gasteiger partial charge in [0.25, 0.3) is 11.4 Å². The second-order valence-corrected chi connectivity index (χ2v) is 6.10. The Bertz CT molecular complexity index is 905. The number of rotatable bonds is 6. The first kappa shape index (κ1) is 20.2. The van der Waals surface area contributed by atoms with Crippen LogP contribution in [0.4, 0.5) is 30.2 Å². The zero-order valence-corrected chi connectivity index (χ0v) is 14.0. The van der Waals surface area contributed by atoms with Crippen molar-refractivity contribution in [3.63, 3.8) is 0 Å². The average molecular weight is 401 g/mol. The van der Waals surface area contributed by atoms with Crippen LogP contribution in [0.2, 0.25) is 0 Å². The van der Waals surface area contributed by atoms with Crippen LogP contribution in [0.15, 0.2) is 47.4 Å². The lowest BCUT2D eigenvalue weighted by Crippen LogP contribution is -2.14. The third-order valence-electron chi connectivity index (χ3n) is 3.18. The van der Waals surface area contributed by atoms with Gasteiger partial charge in [-0.2, -0.15) is 13.2 Å². The lowest BCUT2D eigenvalue weighted by atomic mass is 10.2. The molecule has 0 saturated heterocycles. The smallest absolute Gasteiger partial charge is 0.325 e. The predicted octanol–water partition coefficient (Wildman–Crippen LogP) is 4.25. The van der Waals surface area contributed by atoms with Crippen molar-refractivity contribution in [1.29, 1.82) is 0 Å². The highest BCUT2D eigenvalue weighted by molar-refractivity contribution is 8.00. The van der Waals surface area contributed by atoms with Crippen LogP contribution in [0.3, 0.4) is 0 Å². The molecular weight excluding hydrogens is 391 g/mol. The van der Waals surface area contributed by atoms with Crippen molar-refractivity contribution in [3.8, 4) is 0 Å². The van der Waals surface area contributed by atoms with E-state index in [1.54, 1.807) is 0 Å². The van der Waals surface area contributed by atoms with Crippen molar-refractivity contribution in [2.24, 2.45) is 0 Å². The van der Waals surface area contributed by atoms with Gasteiger partial charge in [0, 0.05) is 23.9 Å². The molecule has 0 spiro atoms. The molecule has 0 unspecified atom stereocenters. The Morgan fingerprint density at radius 2 is 1.78 bits per heavy atom. The van der Waals surface area contributed by atoms with E-state index in [0.29, 0.717) is 23.9 Å². The zero-order valence-electron chi connectivity index (χ0n) is 13.2. The van der Waals surface area contributed by atoms with Crippen LogP contribution in [0.5, 0.6) is 0 Å². The lowest BCUT2D eigenvalue weighted by Gasteiger charge is -2.09. The number of hydrogen-bond donors (Lipinski definition) is 1. The number of hydrogen-bond acceptors (Lipinski definition) is 6. The van der Waals surface area contributed by atoms with E-state index in [4.69, 9.17) is 0 Å². The lowest BCUT2D eigenvalue weighted by molar-refractivity contribution is -0.388. The molecule has 0 aliphatic heterocycles. The average Bonchev–Trinajstić information content (AvgIpc) is 2.59. The van der Waals surface area contributed by atoms with Crippen molar-refractivity contribution in [2.75, 3.05) is 11.1 Å². The Labute approximate surface area is 153 Å². The van der Waals surface area contributed by atoms with Crippen LogP contribution in [-0.4, -0.2) is 21.5 Å². The first-order valence-electron chi connectivity index (χ1n) is 7.10. The van der Waals surface area contributed by atoms with Crippen LogP contribution in [0.1, 0.15) is 5.56 Å². The fourth-order valence-electron chi connectivity index (χ4n) is 2.00. The molecule has 2 rings (SSSR count). The molecule has 142 valence electrons. The molecule has 1 amide bonds. The highest BCUT2D eigenvalue weighted by Gasteiger charge is 2.33. The second kappa shape index (κ2) is 8.03. The fourth-order valence-corrected chi connectivity index (χ4v) is 2.80. The van der Waals surface area contributed by atoms with E-state index in [-0.39, 0.29) is 22.0 Å². The molecule has 0 heterocycles. The van der Waals surface area contributed by atoms with E-state index in [0.717, 1.165) is 12.1 Å². The summed E-state index contributed by atoms with van der Waals surface area (Å²) in [7, 11) is 0. The van der Waals surface area contributed by atoms with E-state index in [9.17, 15) is 38.2 Å². The molecule has 0 atom stereocenters. The van der Waals surface area contributed by atoms with Crippen molar-refractivity contribution >= 4 is 34.7 Å². The number of nitro groups is 2. The first-order chi connectivity index (χ1) is 12.6. The van der Waals surface area contributed by atoms with E-state index in [1.807, 2.05) is 0 Å². The summed E-state index contributed by atoms with van der Waals surface area (Å²) in [5.41, 5.74) is -2.02. The van der Waals surface area contributed by atoms with E-state index < -0.39 is 33.2 Å². The van der Waals surface area contributed by atoms with Gasteiger partial charge in [-0.3, -0.25) is 25.0 Å². The normalized spacial score (nSPS) is 11.1. The minimum atomic E-state index is -4.73. The number of thioether (sulfide) groups is 1. The Hall–Kier alpha value is -3.15. The second-order valence-electron chi connectivity index (χ2n) is 5.08. The maximum absolute atomic E-state index is 12.7. The Balaban J connectivity index is 2.09. The molecule has 12 heteroatoms. The summed E-state index contributed by atoms with van der Waals surface area (Å²) >= 11 is 0.678. The van der Waals surface area contributed by atoms with Gasteiger partial charge in [-0.15, -0.1) is 11.8 Å². The Morgan fingerprint density at radius 3 is 2.37 bits per heavy atom. The molecule has 0 bridgehead atoms. The van der Waals surface area contributed by atoms with Gasteiger partial charge in [0.05, 0.1) is 26.1 Å². The monoisotopic (exact) mass is 401 g/mol. The molecule has 27 heavy (non-hydrogen) atoms. The van der Waals surface area contributed by atoms with Crippen molar-refractivity contribution in [3.05, 3.63) is 68.3 Å². The first-order valence-corrected chi connectivity index (χ1v) is 8.09. The summed E-state index contributed by atoms with van der Waals surface area (Å²) in [6.45, 7) is 0. The van der Waals surface area contributed by atoms with Crippen LogP contribution in [0.25, 0.3) is 0 Å². The van der Waals surface area contributed by atoms with Crippen LogP contribution >= 0.6 is 11.8 Å². The zero-order chi connectivity index (χ0) is 20.2. The SMILES string of the molecule is O=C(CSc1ccc(C(F)(F)F)cc1[N+](=O)[O-])Nc1cccc([N+](=O)[O-])c1. The summed E-state index contributed by atoms with van der Waals surface area (Å²) in [5.74, 6) is -0.968. The molecule has 8 nitrogen and oxygen atoms in total. The molecule has 0 aliphatic carbocycles. The highest BCUT2D eigenvalue weighted by atomic mass is 32.2. The molecule has 0 aliphatic rings. The molecule has 1 N–H and O–H groups in total. The number of nitrogens with zero attached hydrogens (tertiary/aromatic N) is 2.